The van der Waals surface area contributed by atoms with Crippen LogP contribution in [0.25, 0.3) is 0 Å². The Labute approximate surface area is 101 Å². The largest absolute Gasteiger partial charge is 0.385 e. The highest BCUT2D eigenvalue weighted by Gasteiger charge is 2.31. The normalized spacial score (nSPS) is 17.1. The number of nitrogens with one attached hydrogen (secondary N) is 1. The van der Waals surface area contributed by atoms with Crippen molar-refractivity contribution in [2.45, 2.75) is 58.1 Å². The van der Waals surface area contributed by atoms with Crippen molar-refractivity contribution in [1.29, 1.82) is 0 Å². The predicted molar refractivity (Wildman–Crippen MR) is 68.9 cm³/mol. The summed E-state index contributed by atoms with van der Waals surface area (Å²) in [6, 6.07) is 0.414. The van der Waals surface area contributed by atoms with E-state index in [1.54, 1.807) is 14.2 Å². The Kier molecular flexibility index (Phi) is 8.90. The first-order chi connectivity index (χ1) is 7.64. The van der Waals surface area contributed by atoms with Crippen molar-refractivity contribution >= 4 is 0 Å². The van der Waals surface area contributed by atoms with Crippen LogP contribution in [0.5, 0.6) is 0 Å². The molecular weight excluding hydrogens is 202 g/mol. The summed E-state index contributed by atoms with van der Waals surface area (Å²) in [7, 11) is 3.56. The zero-order chi connectivity index (χ0) is 12.4. The summed E-state index contributed by atoms with van der Waals surface area (Å²) in [6.45, 7) is 8.44. The van der Waals surface area contributed by atoms with Crippen LogP contribution in [0.15, 0.2) is 0 Å². The van der Waals surface area contributed by atoms with E-state index >= 15 is 0 Å². The van der Waals surface area contributed by atoms with Gasteiger partial charge >= 0.3 is 0 Å². The second-order valence-electron chi connectivity index (χ2n) is 4.51. The molecule has 0 radical (unpaired) electrons. The van der Waals surface area contributed by atoms with Gasteiger partial charge in [-0.25, -0.2) is 0 Å². The minimum Gasteiger partial charge on any atom is -0.385 e. The first-order valence-electron chi connectivity index (χ1n) is 6.42. The molecule has 0 aromatic carbocycles. The molecule has 3 nitrogen and oxygen atoms in total. The van der Waals surface area contributed by atoms with Gasteiger partial charge in [0.25, 0.3) is 0 Å². The van der Waals surface area contributed by atoms with Gasteiger partial charge in [0.1, 0.15) is 0 Å². The van der Waals surface area contributed by atoms with Gasteiger partial charge < -0.3 is 14.8 Å². The quantitative estimate of drug-likeness (QED) is 0.586. The van der Waals surface area contributed by atoms with Crippen molar-refractivity contribution in [3.05, 3.63) is 0 Å². The summed E-state index contributed by atoms with van der Waals surface area (Å²) in [5.41, 5.74) is -0.0666. The summed E-state index contributed by atoms with van der Waals surface area (Å²) >= 11 is 0. The Morgan fingerprint density at radius 1 is 1.25 bits per heavy atom. The van der Waals surface area contributed by atoms with Gasteiger partial charge in [-0.1, -0.05) is 13.8 Å². The highest BCUT2D eigenvalue weighted by atomic mass is 16.5. The van der Waals surface area contributed by atoms with Crippen LogP contribution >= 0.6 is 0 Å². The highest BCUT2D eigenvalue weighted by molar-refractivity contribution is 4.88. The van der Waals surface area contributed by atoms with Crippen LogP contribution in [0.1, 0.15) is 46.5 Å². The standard InChI is InChI=1S/C13H29NO2/c1-6-10-14-12(9-8-11-15-4)13(3,7-2)16-5/h12,14H,6-11H2,1-5H3. The van der Waals surface area contributed by atoms with Gasteiger partial charge in [-0.2, -0.15) is 0 Å². The van der Waals surface area contributed by atoms with Gasteiger partial charge in [0.15, 0.2) is 0 Å². The SMILES string of the molecule is CCCNC(CCCOC)C(C)(CC)OC. The summed E-state index contributed by atoms with van der Waals surface area (Å²) in [4.78, 5) is 0. The third-order valence-electron chi connectivity index (χ3n) is 3.39. The Morgan fingerprint density at radius 3 is 2.38 bits per heavy atom. The molecule has 1 N–H and O–H groups in total. The number of ether oxygens (including phenoxy) is 2. The van der Waals surface area contributed by atoms with Crippen LogP contribution < -0.4 is 5.32 Å². The second kappa shape index (κ2) is 8.97. The number of hydrogen-bond donors (Lipinski definition) is 1. The van der Waals surface area contributed by atoms with Crippen LogP contribution in [-0.4, -0.2) is 39.0 Å². The first-order valence-corrected chi connectivity index (χ1v) is 6.42. The fraction of sp³-hybridized carbons (Fsp3) is 1.00. The molecule has 2 atom stereocenters. The van der Waals surface area contributed by atoms with E-state index in [2.05, 4.69) is 26.1 Å². The van der Waals surface area contributed by atoms with Crippen molar-refractivity contribution in [3.63, 3.8) is 0 Å². The lowest BCUT2D eigenvalue weighted by atomic mass is 9.89. The van der Waals surface area contributed by atoms with Crippen molar-refractivity contribution in [1.82, 2.24) is 5.32 Å². The second-order valence-corrected chi connectivity index (χ2v) is 4.51. The van der Waals surface area contributed by atoms with Crippen molar-refractivity contribution in [3.8, 4) is 0 Å². The van der Waals surface area contributed by atoms with Crippen LogP contribution in [0.3, 0.4) is 0 Å². The van der Waals surface area contributed by atoms with E-state index in [0.29, 0.717) is 6.04 Å². The smallest absolute Gasteiger partial charge is 0.0800 e. The van der Waals surface area contributed by atoms with Crippen molar-refractivity contribution in [2.24, 2.45) is 0 Å². The van der Waals surface area contributed by atoms with Crippen LogP contribution in [0, 0.1) is 0 Å². The van der Waals surface area contributed by atoms with E-state index in [4.69, 9.17) is 9.47 Å². The third kappa shape index (κ3) is 5.28. The zero-order valence-corrected chi connectivity index (χ0v) is 11.6. The number of methoxy groups -OCH3 is 2. The molecule has 3 heteroatoms. The number of rotatable bonds is 10. The first kappa shape index (κ1) is 15.9. The molecule has 0 rings (SSSR count). The van der Waals surface area contributed by atoms with Gasteiger partial charge in [-0.15, -0.1) is 0 Å². The van der Waals surface area contributed by atoms with Crippen LogP contribution in [0.4, 0.5) is 0 Å². The van der Waals surface area contributed by atoms with E-state index in [0.717, 1.165) is 38.8 Å². The average molecular weight is 231 g/mol. The van der Waals surface area contributed by atoms with Gasteiger partial charge in [-0.3, -0.25) is 0 Å². The lowest BCUT2D eigenvalue weighted by Crippen LogP contribution is -2.50. The summed E-state index contributed by atoms with van der Waals surface area (Å²) in [5.74, 6) is 0. The minimum absolute atomic E-state index is 0.0666. The molecule has 0 aliphatic heterocycles. The lowest BCUT2D eigenvalue weighted by molar-refractivity contribution is -0.0326. The molecule has 0 spiro atoms. The molecule has 0 amide bonds. The molecule has 0 bridgehead atoms. The van der Waals surface area contributed by atoms with E-state index in [-0.39, 0.29) is 5.60 Å². The highest BCUT2D eigenvalue weighted by Crippen LogP contribution is 2.22. The van der Waals surface area contributed by atoms with Crippen LogP contribution in [-0.2, 0) is 9.47 Å². The molecule has 0 aliphatic rings. The Bertz CT molecular complexity index is 158. The maximum Gasteiger partial charge on any atom is 0.0800 e. The molecule has 0 aromatic rings. The Hall–Kier alpha value is -0.120. The van der Waals surface area contributed by atoms with Gasteiger partial charge in [-0.05, 0) is 39.2 Å². The Balaban J connectivity index is 4.26. The molecule has 0 saturated carbocycles. The zero-order valence-electron chi connectivity index (χ0n) is 11.6. The minimum atomic E-state index is -0.0666. The van der Waals surface area contributed by atoms with Gasteiger partial charge in [0, 0.05) is 26.9 Å². The fourth-order valence-electron chi connectivity index (χ4n) is 1.91. The predicted octanol–water partition coefficient (Wildman–Crippen LogP) is 2.60. The molecule has 16 heavy (non-hydrogen) atoms. The van der Waals surface area contributed by atoms with Gasteiger partial charge in [0.2, 0.25) is 0 Å². The molecular formula is C13H29NO2. The fourth-order valence-corrected chi connectivity index (χ4v) is 1.91. The number of hydrogen-bond acceptors (Lipinski definition) is 3. The van der Waals surface area contributed by atoms with Gasteiger partial charge in [0.05, 0.1) is 5.60 Å². The van der Waals surface area contributed by atoms with Crippen molar-refractivity contribution in [2.75, 3.05) is 27.4 Å². The van der Waals surface area contributed by atoms with Crippen molar-refractivity contribution < 1.29 is 9.47 Å². The van der Waals surface area contributed by atoms with E-state index in [1.807, 2.05) is 0 Å². The molecule has 0 fully saturated rings. The molecule has 0 heterocycles. The summed E-state index contributed by atoms with van der Waals surface area (Å²) < 4.78 is 10.8. The maximum atomic E-state index is 5.67. The topological polar surface area (TPSA) is 30.5 Å². The Morgan fingerprint density at radius 2 is 1.94 bits per heavy atom. The monoisotopic (exact) mass is 231 g/mol. The van der Waals surface area contributed by atoms with E-state index in [1.165, 1.54) is 0 Å². The molecule has 2 unspecified atom stereocenters. The molecule has 98 valence electrons. The lowest BCUT2D eigenvalue weighted by Gasteiger charge is -2.36. The molecule has 0 aromatic heterocycles. The van der Waals surface area contributed by atoms with E-state index in [9.17, 15) is 0 Å². The third-order valence-corrected chi connectivity index (χ3v) is 3.39. The van der Waals surface area contributed by atoms with E-state index < -0.39 is 0 Å². The average Bonchev–Trinajstić information content (AvgIpc) is 2.32. The maximum absolute atomic E-state index is 5.67. The molecule has 0 saturated heterocycles. The van der Waals surface area contributed by atoms with Crippen LogP contribution in [0.2, 0.25) is 0 Å². The summed E-state index contributed by atoms with van der Waals surface area (Å²) in [6.07, 6.45) is 4.37. The summed E-state index contributed by atoms with van der Waals surface area (Å²) in [5, 5.41) is 3.59. The molecule has 0 aliphatic carbocycles.